The molecular formula is C19H19N5. The number of pyridine rings is 2. The molecule has 24 heavy (non-hydrogen) atoms. The van der Waals surface area contributed by atoms with Crippen LogP contribution in [-0.2, 0) is 5.41 Å². The first-order valence-electron chi connectivity index (χ1n) is 7.96. The lowest BCUT2D eigenvalue weighted by Crippen LogP contribution is -2.39. The predicted molar refractivity (Wildman–Crippen MR) is 93.8 cm³/mol. The summed E-state index contributed by atoms with van der Waals surface area (Å²) in [5.41, 5.74) is 2.31. The van der Waals surface area contributed by atoms with Gasteiger partial charge in [-0.05, 0) is 62.7 Å². The summed E-state index contributed by atoms with van der Waals surface area (Å²) in [7, 11) is 0. The molecule has 0 aliphatic carbocycles. The lowest BCUT2D eigenvalue weighted by Gasteiger charge is -2.33. The van der Waals surface area contributed by atoms with Crippen LogP contribution in [0.25, 0.3) is 0 Å². The van der Waals surface area contributed by atoms with Gasteiger partial charge in [0, 0.05) is 11.9 Å². The first-order chi connectivity index (χ1) is 11.6. The van der Waals surface area contributed by atoms with E-state index in [9.17, 15) is 0 Å². The molecule has 0 amide bonds. The van der Waals surface area contributed by atoms with E-state index < -0.39 is 0 Å². The number of rotatable bonds is 3. The van der Waals surface area contributed by atoms with Gasteiger partial charge >= 0.3 is 0 Å². The largest absolute Gasteiger partial charge is 0.325 e. The van der Waals surface area contributed by atoms with Crippen molar-refractivity contribution in [3.63, 3.8) is 0 Å². The molecule has 1 fully saturated rings. The van der Waals surface area contributed by atoms with Crippen molar-refractivity contribution in [1.82, 2.24) is 15.3 Å². The normalized spacial score (nSPS) is 16.0. The molecule has 120 valence electrons. The van der Waals surface area contributed by atoms with E-state index in [1.807, 2.05) is 13.0 Å². The van der Waals surface area contributed by atoms with Crippen LogP contribution in [0.2, 0.25) is 0 Å². The van der Waals surface area contributed by atoms with Crippen LogP contribution in [0.4, 0.5) is 11.6 Å². The molecule has 3 rings (SSSR count). The second-order valence-corrected chi connectivity index (χ2v) is 6.03. The van der Waals surface area contributed by atoms with Gasteiger partial charge in [0.2, 0.25) is 0 Å². The molecule has 1 aliphatic heterocycles. The van der Waals surface area contributed by atoms with Gasteiger partial charge in [-0.1, -0.05) is 5.92 Å². The van der Waals surface area contributed by atoms with Crippen molar-refractivity contribution in [3.05, 3.63) is 47.3 Å². The van der Waals surface area contributed by atoms with E-state index in [4.69, 9.17) is 11.7 Å². The number of piperidine rings is 1. The Hall–Kier alpha value is -2.89. The second kappa shape index (κ2) is 6.70. The average molecular weight is 317 g/mol. The summed E-state index contributed by atoms with van der Waals surface area (Å²) in [4.78, 5) is 8.77. The summed E-state index contributed by atoms with van der Waals surface area (Å²) in [6.45, 7) is 3.79. The standard InChI is InChI=1S/C19H19N5/c1-3-19(5-8-21-9-6-19)16-10-14(2)23-18(12-16)24-17-11-15(13-20)4-7-22-17/h1,4,7,10-12,21H,5-6,8-9H2,2H3,(H,22,23,24). The van der Waals surface area contributed by atoms with Crippen LogP contribution >= 0.6 is 0 Å². The number of nitrogens with zero attached hydrogens (tertiary/aromatic N) is 3. The molecule has 2 aromatic rings. The fraction of sp³-hybridized carbons (Fsp3) is 0.316. The first kappa shape index (κ1) is 16.0. The highest BCUT2D eigenvalue weighted by molar-refractivity contribution is 5.56. The highest BCUT2D eigenvalue weighted by Gasteiger charge is 2.32. The number of terminal acetylenes is 1. The molecule has 0 radical (unpaired) electrons. The second-order valence-electron chi connectivity index (χ2n) is 6.03. The Kier molecular flexibility index (Phi) is 4.46. The fourth-order valence-electron chi connectivity index (χ4n) is 3.08. The molecule has 0 aromatic carbocycles. The minimum atomic E-state index is -0.253. The lowest BCUT2D eigenvalue weighted by atomic mass is 9.74. The topological polar surface area (TPSA) is 73.6 Å². The molecular weight excluding hydrogens is 298 g/mol. The molecule has 0 atom stereocenters. The molecule has 0 bridgehead atoms. The molecule has 5 nitrogen and oxygen atoms in total. The monoisotopic (exact) mass is 317 g/mol. The summed E-state index contributed by atoms with van der Waals surface area (Å²) >= 11 is 0. The van der Waals surface area contributed by atoms with Crippen molar-refractivity contribution in [1.29, 1.82) is 5.26 Å². The highest BCUT2D eigenvalue weighted by Crippen LogP contribution is 2.34. The molecule has 2 aromatic heterocycles. The van der Waals surface area contributed by atoms with Crippen molar-refractivity contribution in [2.45, 2.75) is 25.2 Å². The molecule has 1 saturated heterocycles. The Morgan fingerprint density at radius 2 is 2.04 bits per heavy atom. The van der Waals surface area contributed by atoms with Crippen LogP contribution in [0, 0.1) is 30.6 Å². The molecule has 1 aliphatic rings. The Balaban J connectivity index is 1.94. The van der Waals surface area contributed by atoms with Crippen LogP contribution in [0.15, 0.2) is 30.5 Å². The maximum atomic E-state index is 9.00. The third-order valence-electron chi connectivity index (χ3n) is 4.38. The fourth-order valence-corrected chi connectivity index (χ4v) is 3.08. The van der Waals surface area contributed by atoms with E-state index in [-0.39, 0.29) is 5.41 Å². The molecule has 5 heteroatoms. The van der Waals surface area contributed by atoms with Crippen LogP contribution in [-0.4, -0.2) is 23.1 Å². The van der Waals surface area contributed by atoms with Gasteiger partial charge in [0.25, 0.3) is 0 Å². The number of anilines is 2. The smallest absolute Gasteiger partial charge is 0.132 e. The molecule has 0 unspecified atom stereocenters. The molecule has 0 spiro atoms. The van der Waals surface area contributed by atoms with E-state index in [1.165, 1.54) is 0 Å². The van der Waals surface area contributed by atoms with E-state index in [2.05, 4.69) is 38.7 Å². The Labute approximate surface area is 142 Å². The van der Waals surface area contributed by atoms with Crippen molar-refractivity contribution in [2.24, 2.45) is 0 Å². The van der Waals surface area contributed by atoms with Gasteiger partial charge in [-0.2, -0.15) is 5.26 Å². The summed E-state index contributed by atoms with van der Waals surface area (Å²) in [5, 5.41) is 15.5. The van der Waals surface area contributed by atoms with Crippen LogP contribution < -0.4 is 10.6 Å². The lowest BCUT2D eigenvalue weighted by molar-refractivity contribution is 0.386. The maximum absolute atomic E-state index is 9.00. The molecule has 3 heterocycles. The number of hydrogen-bond acceptors (Lipinski definition) is 5. The van der Waals surface area contributed by atoms with E-state index in [0.717, 1.165) is 37.2 Å². The van der Waals surface area contributed by atoms with Crippen LogP contribution in [0.5, 0.6) is 0 Å². The molecule has 0 saturated carbocycles. The van der Waals surface area contributed by atoms with Gasteiger partial charge in [0.05, 0.1) is 17.0 Å². The summed E-state index contributed by atoms with van der Waals surface area (Å²) in [6.07, 6.45) is 9.32. The zero-order valence-corrected chi connectivity index (χ0v) is 13.6. The zero-order chi connectivity index (χ0) is 17.0. The van der Waals surface area contributed by atoms with Gasteiger partial charge in [0.1, 0.15) is 11.6 Å². The summed E-state index contributed by atoms with van der Waals surface area (Å²) in [5.74, 6) is 4.31. The van der Waals surface area contributed by atoms with Crippen LogP contribution in [0.1, 0.15) is 29.7 Å². The average Bonchev–Trinajstić information content (AvgIpc) is 2.62. The number of nitriles is 1. The van der Waals surface area contributed by atoms with Crippen molar-refractivity contribution in [2.75, 3.05) is 18.4 Å². The van der Waals surface area contributed by atoms with Gasteiger partial charge in [-0.15, -0.1) is 6.42 Å². The number of hydrogen-bond donors (Lipinski definition) is 2. The maximum Gasteiger partial charge on any atom is 0.132 e. The SMILES string of the molecule is C#CC1(c2cc(C)nc(Nc3cc(C#N)ccn3)c2)CCNCC1. The van der Waals surface area contributed by atoms with Crippen molar-refractivity contribution < 1.29 is 0 Å². The third-order valence-corrected chi connectivity index (χ3v) is 4.38. The van der Waals surface area contributed by atoms with Gasteiger partial charge in [-0.3, -0.25) is 0 Å². The number of aryl methyl sites for hydroxylation is 1. The van der Waals surface area contributed by atoms with Crippen molar-refractivity contribution >= 4 is 11.6 Å². The predicted octanol–water partition coefficient (Wildman–Crippen LogP) is 2.65. The van der Waals surface area contributed by atoms with E-state index in [1.54, 1.807) is 18.3 Å². The minimum Gasteiger partial charge on any atom is -0.325 e. The quantitative estimate of drug-likeness (QED) is 0.851. The van der Waals surface area contributed by atoms with E-state index >= 15 is 0 Å². The van der Waals surface area contributed by atoms with Gasteiger partial charge in [-0.25, -0.2) is 9.97 Å². The van der Waals surface area contributed by atoms with Crippen molar-refractivity contribution in [3.8, 4) is 18.4 Å². The van der Waals surface area contributed by atoms with E-state index in [0.29, 0.717) is 17.2 Å². The van der Waals surface area contributed by atoms with Crippen LogP contribution in [0.3, 0.4) is 0 Å². The molecule has 2 N–H and O–H groups in total. The minimum absolute atomic E-state index is 0.253. The van der Waals surface area contributed by atoms with Gasteiger partial charge in [0.15, 0.2) is 0 Å². The Bertz CT molecular complexity index is 822. The summed E-state index contributed by atoms with van der Waals surface area (Å²) in [6, 6.07) is 9.54. The summed E-state index contributed by atoms with van der Waals surface area (Å²) < 4.78 is 0. The van der Waals surface area contributed by atoms with Gasteiger partial charge < -0.3 is 10.6 Å². The first-order valence-corrected chi connectivity index (χ1v) is 7.96. The third kappa shape index (κ3) is 3.22. The number of nitrogens with one attached hydrogen (secondary N) is 2. The number of aromatic nitrogens is 2. The highest BCUT2D eigenvalue weighted by atomic mass is 15.1. The zero-order valence-electron chi connectivity index (χ0n) is 13.6. The Morgan fingerprint density at radius 1 is 1.25 bits per heavy atom. The Morgan fingerprint density at radius 3 is 2.75 bits per heavy atom.